The number of nitrogens with zero attached hydrogens (tertiary/aromatic N) is 7. The van der Waals surface area contributed by atoms with Crippen molar-refractivity contribution in [3.05, 3.63) is 42.2 Å². The summed E-state index contributed by atoms with van der Waals surface area (Å²) in [6.45, 7) is 8.37. The molecule has 1 N–H and O–H groups in total. The van der Waals surface area contributed by atoms with Crippen LogP contribution >= 0.6 is 0 Å². The second kappa shape index (κ2) is 6.25. The van der Waals surface area contributed by atoms with E-state index >= 15 is 0 Å². The fourth-order valence-electron chi connectivity index (χ4n) is 3.92. The highest BCUT2D eigenvalue weighted by Crippen LogP contribution is 2.31. The van der Waals surface area contributed by atoms with Crippen LogP contribution < -0.4 is 4.90 Å². The number of hydrogen-bond donors (Lipinski definition) is 1. The Bertz CT molecular complexity index is 1130. The van der Waals surface area contributed by atoms with E-state index in [1.165, 1.54) is 0 Å². The monoisotopic (exact) mass is 376 g/mol. The largest absolute Gasteiger partial charge is 0.356 e. The minimum Gasteiger partial charge on any atom is -0.356 e. The lowest BCUT2D eigenvalue weighted by atomic mass is 9.92. The van der Waals surface area contributed by atoms with Gasteiger partial charge < -0.3 is 9.88 Å². The average molecular weight is 376 g/mol. The van der Waals surface area contributed by atoms with E-state index in [9.17, 15) is 0 Å². The molecule has 0 aromatic carbocycles. The van der Waals surface area contributed by atoms with Gasteiger partial charge >= 0.3 is 0 Å². The van der Waals surface area contributed by atoms with Crippen molar-refractivity contribution in [1.82, 2.24) is 34.8 Å². The van der Waals surface area contributed by atoms with Gasteiger partial charge in [0.2, 0.25) is 0 Å². The fraction of sp³-hybridized carbons (Fsp3) is 0.450. The molecule has 5 heterocycles. The maximum Gasteiger partial charge on any atom is 0.177 e. The molecule has 0 radical (unpaired) electrons. The van der Waals surface area contributed by atoms with Crippen LogP contribution in [0.5, 0.6) is 0 Å². The lowest BCUT2D eigenvalue weighted by Crippen LogP contribution is -2.34. The first-order chi connectivity index (χ1) is 13.5. The Morgan fingerprint density at radius 2 is 1.86 bits per heavy atom. The highest BCUT2D eigenvalue weighted by Gasteiger charge is 2.27. The molecule has 0 spiro atoms. The number of piperidine rings is 1. The highest BCUT2D eigenvalue weighted by atomic mass is 15.4. The van der Waals surface area contributed by atoms with Gasteiger partial charge in [-0.05, 0) is 31.0 Å². The Kier molecular flexibility index (Phi) is 3.82. The summed E-state index contributed by atoms with van der Waals surface area (Å²) >= 11 is 0. The summed E-state index contributed by atoms with van der Waals surface area (Å²) in [5, 5.41) is 14.7. The molecule has 1 saturated heterocycles. The van der Waals surface area contributed by atoms with Crippen molar-refractivity contribution in [2.24, 2.45) is 0 Å². The van der Waals surface area contributed by atoms with Gasteiger partial charge in [0.05, 0.1) is 11.1 Å². The van der Waals surface area contributed by atoms with E-state index in [1.807, 2.05) is 28.9 Å². The maximum atomic E-state index is 4.85. The van der Waals surface area contributed by atoms with Gasteiger partial charge in [0.15, 0.2) is 11.5 Å². The first-order valence-corrected chi connectivity index (χ1v) is 9.76. The minimum absolute atomic E-state index is 0.00591. The molecule has 0 amide bonds. The first-order valence-electron chi connectivity index (χ1n) is 9.76. The summed E-state index contributed by atoms with van der Waals surface area (Å²) in [6.07, 6.45) is 5.54. The van der Waals surface area contributed by atoms with Crippen molar-refractivity contribution in [1.29, 1.82) is 0 Å². The zero-order valence-electron chi connectivity index (χ0n) is 16.4. The third-order valence-corrected chi connectivity index (χ3v) is 5.55. The molecule has 8 heteroatoms. The minimum atomic E-state index is -0.00591. The summed E-state index contributed by atoms with van der Waals surface area (Å²) < 4.78 is 1.94. The predicted molar refractivity (Wildman–Crippen MR) is 108 cm³/mol. The van der Waals surface area contributed by atoms with Gasteiger partial charge in [-0.2, -0.15) is 9.61 Å². The van der Waals surface area contributed by atoms with E-state index in [0.717, 1.165) is 59.9 Å². The number of aromatic amines is 1. The number of anilines is 1. The Morgan fingerprint density at radius 3 is 2.64 bits per heavy atom. The third-order valence-electron chi connectivity index (χ3n) is 5.55. The summed E-state index contributed by atoms with van der Waals surface area (Å²) in [4.78, 5) is 14.3. The van der Waals surface area contributed by atoms with E-state index in [2.05, 4.69) is 50.8 Å². The molecule has 0 saturated carbocycles. The van der Waals surface area contributed by atoms with Crippen molar-refractivity contribution in [3.63, 3.8) is 0 Å². The van der Waals surface area contributed by atoms with Crippen LogP contribution in [0, 0.1) is 0 Å². The quantitative estimate of drug-likeness (QED) is 0.578. The second-order valence-corrected chi connectivity index (χ2v) is 8.50. The van der Waals surface area contributed by atoms with Crippen LogP contribution in [0.3, 0.4) is 0 Å². The Balaban J connectivity index is 1.40. The van der Waals surface area contributed by atoms with E-state index in [4.69, 9.17) is 5.10 Å². The molecular weight excluding hydrogens is 352 g/mol. The Labute approximate surface area is 163 Å². The van der Waals surface area contributed by atoms with Crippen LogP contribution in [0.1, 0.15) is 51.0 Å². The molecule has 0 bridgehead atoms. The van der Waals surface area contributed by atoms with Crippen molar-refractivity contribution in [2.45, 2.75) is 44.9 Å². The lowest BCUT2D eigenvalue weighted by Gasteiger charge is -2.32. The molecule has 5 rings (SSSR count). The van der Waals surface area contributed by atoms with Crippen molar-refractivity contribution < 1.29 is 0 Å². The topological polar surface area (TPSA) is 87.9 Å². The number of nitrogens with one attached hydrogen (secondary N) is 1. The zero-order chi connectivity index (χ0) is 19.3. The SMILES string of the molecule is CC(C)(C)c1ccc2nnc(C3CCN(c4ncnc5[nH]ccc45)CC3)n2n1. The molecule has 8 nitrogen and oxygen atoms in total. The van der Waals surface area contributed by atoms with Gasteiger partial charge in [-0.25, -0.2) is 9.97 Å². The molecule has 4 aromatic rings. The highest BCUT2D eigenvalue weighted by molar-refractivity contribution is 5.87. The van der Waals surface area contributed by atoms with Crippen LogP contribution in [0.15, 0.2) is 30.7 Å². The van der Waals surface area contributed by atoms with Gasteiger partial charge in [0.1, 0.15) is 17.8 Å². The molecule has 28 heavy (non-hydrogen) atoms. The van der Waals surface area contributed by atoms with Gasteiger partial charge in [0, 0.05) is 30.6 Å². The molecule has 0 aliphatic carbocycles. The van der Waals surface area contributed by atoms with Crippen LogP contribution in [-0.4, -0.2) is 47.9 Å². The van der Waals surface area contributed by atoms with Crippen LogP contribution in [0.25, 0.3) is 16.7 Å². The smallest absolute Gasteiger partial charge is 0.177 e. The number of hydrogen-bond acceptors (Lipinski definition) is 6. The number of rotatable bonds is 2. The van der Waals surface area contributed by atoms with Crippen LogP contribution in [0.2, 0.25) is 0 Å². The van der Waals surface area contributed by atoms with Gasteiger partial charge in [-0.15, -0.1) is 10.2 Å². The third kappa shape index (κ3) is 2.80. The fourth-order valence-corrected chi connectivity index (χ4v) is 3.92. The number of aromatic nitrogens is 7. The van der Waals surface area contributed by atoms with Gasteiger partial charge in [-0.3, -0.25) is 0 Å². The van der Waals surface area contributed by atoms with Crippen LogP contribution in [-0.2, 0) is 5.41 Å². The number of H-pyrrole nitrogens is 1. The molecule has 0 unspecified atom stereocenters. The van der Waals surface area contributed by atoms with E-state index in [-0.39, 0.29) is 5.41 Å². The summed E-state index contributed by atoms with van der Waals surface area (Å²) in [5.41, 5.74) is 2.74. The summed E-state index contributed by atoms with van der Waals surface area (Å²) in [6, 6.07) is 6.11. The molecular formula is C20H24N8. The normalized spacial score (nSPS) is 16.3. The lowest BCUT2D eigenvalue weighted by molar-refractivity contribution is 0.471. The Morgan fingerprint density at radius 1 is 1.04 bits per heavy atom. The number of fused-ring (bicyclic) bond motifs is 2. The Hall–Kier alpha value is -3.03. The van der Waals surface area contributed by atoms with Gasteiger partial charge in [-0.1, -0.05) is 20.8 Å². The summed E-state index contributed by atoms with van der Waals surface area (Å²) in [5.74, 6) is 2.32. The van der Waals surface area contributed by atoms with Crippen LogP contribution in [0.4, 0.5) is 5.82 Å². The molecule has 4 aromatic heterocycles. The van der Waals surface area contributed by atoms with Gasteiger partial charge in [0.25, 0.3) is 0 Å². The standard InChI is InChI=1S/C20H24N8/c1-20(2,3)15-4-5-16-24-25-18(28(16)26-15)13-7-10-27(11-8-13)19-14-6-9-21-17(14)22-12-23-19/h4-6,9,12-13H,7-8,10-11H2,1-3H3,(H,21,22,23). The maximum absolute atomic E-state index is 4.85. The van der Waals surface area contributed by atoms with Crippen molar-refractivity contribution in [2.75, 3.05) is 18.0 Å². The molecule has 1 fully saturated rings. The van der Waals surface area contributed by atoms with E-state index < -0.39 is 0 Å². The summed E-state index contributed by atoms with van der Waals surface area (Å²) in [7, 11) is 0. The zero-order valence-corrected chi connectivity index (χ0v) is 16.4. The van der Waals surface area contributed by atoms with Crippen molar-refractivity contribution >= 4 is 22.5 Å². The molecule has 1 aliphatic rings. The average Bonchev–Trinajstić information content (AvgIpc) is 3.33. The molecule has 144 valence electrons. The van der Waals surface area contributed by atoms with E-state index in [1.54, 1.807) is 6.33 Å². The molecule has 0 atom stereocenters. The van der Waals surface area contributed by atoms with Crippen molar-refractivity contribution in [3.8, 4) is 0 Å². The second-order valence-electron chi connectivity index (χ2n) is 8.50. The first kappa shape index (κ1) is 17.1. The molecule has 1 aliphatic heterocycles. The van der Waals surface area contributed by atoms with E-state index in [0.29, 0.717) is 5.92 Å². The predicted octanol–water partition coefficient (Wildman–Crippen LogP) is 3.08.